The zero-order valence-corrected chi connectivity index (χ0v) is 8.47. The van der Waals surface area contributed by atoms with Crippen LogP contribution in [0.3, 0.4) is 0 Å². The molecule has 1 aromatic carbocycles. The maximum atomic E-state index is 10.2. The Morgan fingerprint density at radius 1 is 1.00 bits per heavy atom. The molecule has 0 unspecified atom stereocenters. The van der Waals surface area contributed by atoms with Gasteiger partial charge in [0, 0.05) is 0 Å². The molecule has 1 rings (SSSR count). The van der Waals surface area contributed by atoms with Crippen molar-refractivity contribution in [2.24, 2.45) is 5.18 Å². The Kier molecular flexibility index (Phi) is 3.18. The third kappa shape index (κ3) is 1.67. The minimum Gasteiger partial charge on any atom is -0.145 e. The van der Waals surface area contributed by atoms with Crippen LogP contribution >= 0.6 is 46.4 Å². The summed E-state index contributed by atoms with van der Waals surface area (Å²) in [4.78, 5) is 10.2. The lowest BCUT2D eigenvalue weighted by Crippen LogP contribution is -1.75. The molecule has 12 heavy (non-hydrogen) atoms. The molecule has 0 amide bonds. The SMILES string of the molecule is O=Nc1c(Cl)c(Cl)cc(Cl)c1Cl. The molecule has 0 aliphatic rings. The summed E-state index contributed by atoms with van der Waals surface area (Å²) in [5.41, 5.74) is -0.129. The highest BCUT2D eigenvalue weighted by Crippen LogP contribution is 2.42. The van der Waals surface area contributed by atoms with Crippen LogP contribution in [0.1, 0.15) is 0 Å². The first kappa shape index (κ1) is 10.1. The van der Waals surface area contributed by atoms with Gasteiger partial charge in [-0.05, 0) is 11.2 Å². The van der Waals surface area contributed by atoms with E-state index in [9.17, 15) is 4.91 Å². The van der Waals surface area contributed by atoms with E-state index in [1.807, 2.05) is 0 Å². The summed E-state index contributed by atoms with van der Waals surface area (Å²) in [7, 11) is 0. The van der Waals surface area contributed by atoms with Gasteiger partial charge >= 0.3 is 0 Å². The molecule has 0 radical (unpaired) electrons. The van der Waals surface area contributed by atoms with Crippen molar-refractivity contribution in [3.05, 3.63) is 31.1 Å². The average molecular weight is 245 g/mol. The average Bonchev–Trinajstić information content (AvgIpc) is 2.02. The highest BCUT2D eigenvalue weighted by Gasteiger charge is 2.13. The summed E-state index contributed by atoms with van der Waals surface area (Å²) in [5, 5.41) is 2.95. The van der Waals surface area contributed by atoms with Gasteiger partial charge in [-0.25, -0.2) is 0 Å². The molecule has 0 spiro atoms. The third-order valence-electron chi connectivity index (χ3n) is 1.18. The van der Waals surface area contributed by atoms with Crippen molar-refractivity contribution in [1.82, 2.24) is 0 Å². The van der Waals surface area contributed by atoms with E-state index in [2.05, 4.69) is 5.18 Å². The van der Waals surface area contributed by atoms with E-state index in [0.29, 0.717) is 0 Å². The van der Waals surface area contributed by atoms with Crippen LogP contribution in [0.2, 0.25) is 20.1 Å². The van der Waals surface area contributed by atoms with Crippen LogP contribution in [0, 0.1) is 4.91 Å². The van der Waals surface area contributed by atoms with Crippen LogP contribution in [0.15, 0.2) is 11.2 Å². The molecule has 0 fully saturated rings. The molecule has 0 saturated carbocycles. The van der Waals surface area contributed by atoms with Gasteiger partial charge in [0.15, 0.2) is 0 Å². The number of nitrogens with zero attached hydrogens (tertiary/aromatic N) is 1. The summed E-state index contributed by atoms with van der Waals surface area (Å²) >= 11 is 22.4. The van der Waals surface area contributed by atoms with Crippen LogP contribution in [0.5, 0.6) is 0 Å². The molecule has 2 nitrogen and oxygen atoms in total. The number of benzene rings is 1. The smallest absolute Gasteiger partial charge is 0.145 e. The number of hydrogen-bond donors (Lipinski definition) is 0. The first-order chi connectivity index (χ1) is 5.57. The topological polar surface area (TPSA) is 29.4 Å². The van der Waals surface area contributed by atoms with E-state index >= 15 is 0 Å². The lowest BCUT2D eigenvalue weighted by molar-refractivity contribution is 1.50. The van der Waals surface area contributed by atoms with Crippen molar-refractivity contribution in [1.29, 1.82) is 0 Å². The molecule has 64 valence electrons. The van der Waals surface area contributed by atoms with Crippen molar-refractivity contribution in [3.8, 4) is 0 Å². The van der Waals surface area contributed by atoms with E-state index in [0.717, 1.165) is 0 Å². The number of rotatable bonds is 1. The zero-order chi connectivity index (χ0) is 9.30. The van der Waals surface area contributed by atoms with Crippen LogP contribution in [-0.2, 0) is 0 Å². The Balaban J connectivity index is 3.52. The lowest BCUT2D eigenvalue weighted by atomic mass is 10.3. The molecule has 1 aromatic rings. The summed E-state index contributed by atoms with van der Waals surface area (Å²) in [6, 6.07) is 1.35. The molecule has 0 atom stereocenters. The van der Waals surface area contributed by atoms with Crippen molar-refractivity contribution >= 4 is 52.1 Å². The second-order valence-electron chi connectivity index (χ2n) is 1.91. The second kappa shape index (κ2) is 3.79. The van der Waals surface area contributed by atoms with Gasteiger partial charge in [0.05, 0.1) is 20.1 Å². The fourth-order valence-corrected chi connectivity index (χ4v) is 1.51. The summed E-state index contributed by atoms with van der Waals surface area (Å²) < 4.78 is 0. The third-order valence-corrected chi connectivity index (χ3v) is 2.73. The Morgan fingerprint density at radius 3 is 1.75 bits per heavy atom. The minimum absolute atomic E-state index is 0.0149. The van der Waals surface area contributed by atoms with Crippen molar-refractivity contribution in [2.45, 2.75) is 0 Å². The molecule has 0 aliphatic carbocycles. The Labute approximate surface area is 88.3 Å². The number of halogens is 4. The van der Waals surface area contributed by atoms with Crippen LogP contribution in [0.25, 0.3) is 0 Å². The highest BCUT2D eigenvalue weighted by molar-refractivity contribution is 6.49. The lowest BCUT2D eigenvalue weighted by Gasteiger charge is -2.01. The first-order valence-electron chi connectivity index (χ1n) is 2.74. The van der Waals surface area contributed by atoms with Gasteiger partial charge in [-0.1, -0.05) is 46.4 Å². The van der Waals surface area contributed by atoms with E-state index in [1.54, 1.807) is 0 Å². The van der Waals surface area contributed by atoms with Crippen molar-refractivity contribution in [3.63, 3.8) is 0 Å². The monoisotopic (exact) mass is 243 g/mol. The van der Waals surface area contributed by atoms with Gasteiger partial charge in [-0.15, -0.1) is 4.91 Å². The molecule has 0 N–H and O–H groups in total. The van der Waals surface area contributed by atoms with E-state index < -0.39 is 0 Å². The van der Waals surface area contributed by atoms with Crippen LogP contribution in [0.4, 0.5) is 5.69 Å². The predicted molar refractivity (Wildman–Crippen MR) is 51.9 cm³/mol. The quantitative estimate of drug-likeness (QED) is 0.520. The molecular formula is C6HCl4NO. The summed E-state index contributed by atoms with van der Waals surface area (Å²) in [6.07, 6.45) is 0. The van der Waals surface area contributed by atoms with Crippen molar-refractivity contribution < 1.29 is 0 Å². The van der Waals surface area contributed by atoms with Gasteiger partial charge in [0.1, 0.15) is 5.69 Å². The summed E-state index contributed by atoms with van der Waals surface area (Å²) in [6.45, 7) is 0. The van der Waals surface area contributed by atoms with Gasteiger partial charge in [0.25, 0.3) is 0 Å². The van der Waals surface area contributed by atoms with E-state index in [1.165, 1.54) is 6.07 Å². The van der Waals surface area contributed by atoms with Gasteiger partial charge in [-0.3, -0.25) is 0 Å². The molecule has 6 heteroatoms. The standard InChI is InChI=1S/C6HCl4NO/c7-2-1-3(8)5(10)6(11-12)4(2)9/h1H. The Bertz CT molecular complexity index is 313. The van der Waals surface area contributed by atoms with Gasteiger partial charge in [-0.2, -0.15) is 0 Å². The number of hydrogen-bond acceptors (Lipinski definition) is 2. The molecule has 0 bridgehead atoms. The van der Waals surface area contributed by atoms with Crippen molar-refractivity contribution in [2.75, 3.05) is 0 Å². The second-order valence-corrected chi connectivity index (χ2v) is 3.48. The van der Waals surface area contributed by atoms with E-state index in [4.69, 9.17) is 46.4 Å². The maximum Gasteiger partial charge on any atom is 0.148 e. The molecule has 0 aromatic heterocycles. The molecular weight excluding hydrogens is 244 g/mol. The molecule has 0 heterocycles. The fraction of sp³-hybridized carbons (Fsp3) is 0. The van der Waals surface area contributed by atoms with Gasteiger partial charge < -0.3 is 0 Å². The normalized spacial score (nSPS) is 10.0. The molecule has 0 saturated heterocycles. The van der Waals surface area contributed by atoms with Crippen LogP contribution < -0.4 is 0 Å². The first-order valence-corrected chi connectivity index (χ1v) is 4.25. The molecule has 0 aliphatic heterocycles. The predicted octanol–water partition coefficient (Wildman–Crippen LogP) is 4.70. The largest absolute Gasteiger partial charge is 0.148 e. The Hall–Kier alpha value is -0.0200. The zero-order valence-electron chi connectivity index (χ0n) is 5.44. The van der Waals surface area contributed by atoms with Gasteiger partial charge in [0.2, 0.25) is 0 Å². The Morgan fingerprint density at radius 2 is 1.42 bits per heavy atom. The number of nitroso groups, excluding NO2 is 1. The maximum absolute atomic E-state index is 10.2. The minimum atomic E-state index is -0.129. The van der Waals surface area contributed by atoms with E-state index in [-0.39, 0.29) is 25.8 Å². The fourth-order valence-electron chi connectivity index (χ4n) is 0.641. The summed E-state index contributed by atoms with van der Waals surface area (Å²) in [5.74, 6) is 0. The highest BCUT2D eigenvalue weighted by atomic mass is 35.5. The van der Waals surface area contributed by atoms with Crippen LogP contribution in [-0.4, -0.2) is 0 Å².